The van der Waals surface area contributed by atoms with Crippen LogP contribution in [0.3, 0.4) is 0 Å². The third-order valence-corrected chi connectivity index (χ3v) is 5.12. The normalized spacial score (nSPS) is 11.4. The first-order valence-electron chi connectivity index (χ1n) is 10.7. The Bertz CT molecular complexity index is 1150. The molecule has 0 heterocycles. The molecular formula is C27H28N2O4. The molecule has 170 valence electrons. The van der Waals surface area contributed by atoms with Gasteiger partial charge in [0.15, 0.2) is 0 Å². The fraction of sp³-hybridized carbons (Fsp3) is 0.222. The van der Waals surface area contributed by atoms with Crippen molar-refractivity contribution in [2.24, 2.45) is 0 Å². The molecule has 2 N–H and O–H groups in total. The van der Waals surface area contributed by atoms with Crippen molar-refractivity contribution in [2.75, 3.05) is 11.9 Å². The Labute approximate surface area is 194 Å². The number of hydrogen-bond acceptors (Lipinski definition) is 4. The highest BCUT2D eigenvalue weighted by Crippen LogP contribution is 2.22. The van der Waals surface area contributed by atoms with Crippen molar-refractivity contribution in [3.63, 3.8) is 0 Å². The minimum Gasteiger partial charge on any atom is -0.446 e. The van der Waals surface area contributed by atoms with Gasteiger partial charge in [0.1, 0.15) is 6.54 Å². The maximum Gasteiger partial charge on any atom is 0.326 e. The second-order valence-corrected chi connectivity index (χ2v) is 8.15. The Balaban J connectivity index is 1.71. The monoisotopic (exact) mass is 444 g/mol. The molecule has 1 unspecified atom stereocenters. The van der Waals surface area contributed by atoms with E-state index < -0.39 is 18.0 Å². The maximum absolute atomic E-state index is 13.1. The van der Waals surface area contributed by atoms with Crippen LogP contribution >= 0.6 is 0 Å². The Hall–Kier alpha value is -3.93. The summed E-state index contributed by atoms with van der Waals surface area (Å²) in [6.45, 7) is 7.27. The average molecular weight is 445 g/mol. The number of ether oxygens (including phenoxy) is 1. The molecule has 3 rings (SSSR count). The van der Waals surface area contributed by atoms with E-state index in [1.807, 2.05) is 58.0 Å². The number of amides is 2. The molecule has 3 aromatic rings. The molecular weight excluding hydrogens is 416 g/mol. The lowest BCUT2D eigenvalue weighted by Gasteiger charge is -2.19. The molecule has 6 heteroatoms. The number of esters is 1. The Morgan fingerprint density at radius 1 is 0.818 bits per heavy atom. The van der Waals surface area contributed by atoms with Crippen molar-refractivity contribution >= 4 is 23.5 Å². The first-order valence-corrected chi connectivity index (χ1v) is 10.7. The summed E-state index contributed by atoms with van der Waals surface area (Å²) in [5.41, 5.74) is 5.46. The van der Waals surface area contributed by atoms with E-state index in [-0.39, 0.29) is 12.5 Å². The highest BCUT2D eigenvalue weighted by molar-refractivity contribution is 5.98. The molecule has 0 radical (unpaired) electrons. The van der Waals surface area contributed by atoms with Gasteiger partial charge in [-0.05, 0) is 57.0 Å². The highest BCUT2D eigenvalue weighted by atomic mass is 16.5. The van der Waals surface area contributed by atoms with Crippen molar-refractivity contribution in [3.05, 3.63) is 100 Å². The van der Waals surface area contributed by atoms with Crippen molar-refractivity contribution in [3.8, 4) is 0 Å². The zero-order valence-corrected chi connectivity index (χ0v) is 19.3. The molecule has 0 fully saturated rings. The van der Waals surface area contributed by atoms with Gasteiger partial charge in [-0.3, -0.25) is 14.4 Å². The number of hydrogen-bond donors (Lipinski definition) is 2. The van der Waals surface area contributed by atoms with Crippen molar-refractivity contribution < 1.29 is 19.1 Å². The third-order valence-electron chi connectivity index (χ3n) is 5.12. The Morgan fingerprint density at radius 3 is 2.15 bits per heavy atom. The summed E-state index contributed by atoms with van der Waals surface area (Å²) in [4.78, 5) is 38.1. The van der Waals surface area contributed by atoms with Gasteiger partial charge >= 0.3 is 5.97 Å². The Morgan fingerprint density at radius 2 is 1.48 bits per heavy atom. The van der Waals surface area contributed by atoms with Gasteiger partial charge in [0.05, 0.1) is 0 Å². The van der Waals surface area contributed by atoms with Crippen molar-refractivity contribution in [1.29, 1.82) is 0 Å². The zero-order chi connectivity index (χ0) is 24.0. The molecule has 0 spiro atoms. The molecule has 0 aliphatic rings. The third kappa shape index (κ3) is 6.53. The van der Waals surface area contributed by atoms with Crippen LogP contribution in [0.15, 0.2) is 66.7 Å². The summed E-state index contributed by atoms with van der Waals surface area (Å²) in [6.07, 6.45) is -1.16. The van der Waals surface area contributed by atoms with Crippen LogP contribution in [-0.2, 0) is 14.3 Å². The van der Waals surface area contributed by atoms with Gasteiger partial charge in [0, 0.05) is 16.8 Å². The average Bonchev–Trinajstić information content (AvgIpc) is 2.78. The minimum atomic E-state index is -1.16. The van der Waals surface area contributed by atoms with Crippen LogP contribution in [0.4, 0.5) is 5.69 Å². The van der Waals surface area contributed by atoms with Gasteiger partial charge in [-0.15, -0.1) is 0 Å². The Kier molecular flexibility index (Phi) is 7.61. The first kappa shape index (κ1) is 23.7. The van der Waals surface area contributed by atoms with Crippen LogP contribution in [0, 0.1) is 27.7 Å². The van der Waals surface area contributed by atoms with Gasteiger partial charge in [-0.1, -0.05) is 59.7 Å². The fourth-order valence-corrected chi connectivity index (χ4v) is 3.50. The lowest BCUT2D eigenvalue weighted by atomic mass is 10.1. The first-order chi connectivity index (χ1) is 15.7. The van der Waals surface area contributed by atoms with E-state index in [4.69, 9.17) is 4.74 Å². The van der Waals surface area contributed by atoms with Gasteiger partial charge in [-0.2, -0.15) is 0 Å². The molecule has 6 nitrogen and oxygen atoms in total. The number of benzene rings is 3. The largest absolute Gasteiger partial charge is 0.446 e. The lowest BCUT2D eigenvalue weighted by molar-refractivity contribution is -0.153. The van der Waals surface area contributed by atoms with Crippen LogP contribution in [0.2, 0.25) is 0 Å². The number of aryl methyl sites for hydroxylation is 4. The lowest BCUT2D eigenvalue weighted by Crippen LogP contribution is -2.33. The van der Waals surface area contributed by atoms with Crippen LogP contribution in [0.5, 0.6) is 0 Å². The molecule has 0 aliphatic heterocycles. The summed E-state index contributed by atoms with van der Waals surface area (Å²) in [5, 5.41) is 5.42. The highest BCUT2D eigenvalue weighted by Gasteiger charge is 2.26. The van der Waals surface area contributed by atoms with Gasteiger partial charge in [-0.25, -0.2) is 0 Å². The summed E-state index contributed by atoms with van der Waals surface area (Å²) in [7, 11) is 0. The fourth-order valence-electron chi connectivity index (χ4n) is 3.50. The van der Waals surface area contributed by atoms with E-state index in [2.05, 4.69) is 10.6 Å². The molecule has 0 aliphatic carbocycles. The molecule has 1 atom stereocenters. The molecule has 0 saturated carbocycles. The molecule has 2 amide bonds. The van der Waals surface area contributed by atoms with E-state index in [0.717, 1.165) is 22.3 Å². The maximum atomic E-state index is 13.1. The zero-order valence-electron chi connectivity index (χ0n) is 19.3. The summed E-state index contributed by atoms with van der Waals surface area (Å²) >= 11 is 0. The summed E-state index contributed by atoms with van der Waals surface area (Å²) in [5.74, 6) is -1.56. The molecule has 0 aromatic heterocycles. The second kappa shape index (κ2) is 10.6. The van der Waals surface area contributed by atoms with Gasteiger partial charge < -0.3 is 15.4 Å². The number of anilines is 1. The number of rotatable bonds is 7. The standard InChI is InChI=1S/C27H28N2O4/c1-17-10-11-20(4)23(15-17)29-27(32)25(21-8-6-5-7-9-21)33-24(30)16-28-26(31)22-13-18(2)12-19(3)14-22/h5-15,25H,16H2,1-4H3,(H,28,31)(H,29,32). The smallest absolute Gasteiger partial charge is 0.326 e. The quantitative estimate of drug-likeness (QED) is 0.523. The van der Waals surface area contributed by atoms with Crippen LogP contribution in [0.1, 0.15) is 44.3 Å². The van der Waals surface area contributed by atoms with Crippen LogP contribution in [0.25, 0.3) is 0 Å². The van der Waals surface area contributed by atoms with Crippen LogP contribution < -0.4 is 10.6 Å². The van der Waals surface area contributed by atoms with Gasteiger partial charge in [0.2, 0.25) is 6.10 Å². The van der Waals surface area contributed by atoms with E-state index >= 15 is 0 Å². The second-order valence-electron chi connectivity index (χ2n) is 8.15. The van der Waals surface area contributed by atoms with E-state index in [0.29, 0.717) is 16.8 Å². The van der Waals surface area contributed by atoms with E-state index in [1.165, 1.54) is 0 Å². The summed E-state index contributed by atoms with van der Waals surface area (Å²) in [6, 6.07) is 20.0. The van der Waals surface area contributed by atoms with E-state index in [9.17, 15) is 14.4 Å². The SMILES string of the molecule is Cc1cc(C)cc(C(=O)NCC(=O)OC(C(=O)Nc2cc(C)ccc2C)c2ccccc2)c1. The number of carbonyl (C=O) groups is 3. The molecule has 0 bridgehead atoms. The minimum absolute atomic E-state index is 0.355. The molecule has 3 aromatic carbocycles. The van der Waals surface area contributed by atoms with Crippen molar-refractivity contribution in [2.45, 2.75) is 33.8 Å². The summed E-state index contributed by atoms with van der Waals surface area (Å²) < 4.78 is 5.51. The topological polar surface area (TPSA) is 84.5 Å². The molecule has 33 heavy (non-hydrogen) atoms. The van der Waals surface area contributed by atoms with Crippen molar-refractivity contribution in [1.82, 2.24) is 5.32 Å². The molecule has 0 saturated heterocycles. The predicted molar refractivity (Wildman–Crippen MR) is 128 cm³/mol. The predicted octanol–water partition coefficient (Wildman–Crippen LogP) is 4.57. The van der Waals surface area contributed by atoms with Gasteiger partial charge in [0.25, 0.3) is 11.8 Å². The number of nitrogens with one attached hydrogen (secondary N) is 2. The van der Waals surface area contributed by atoms with Crippen LogP contribution in [-0.4, -0.2) is 24.3 Å². The number of carbonyl (C=O) groups excluding carboxylic acids is 3. The van der Waals surface area contributed by atoms with E-state index in [1.54, 1.807) is 36.4 Å².